The van der Waals surface area contributed by atoms with Crippen LogP contribution >= 0.6 is 0 Å². The minimum Gasteiger partial charge on any atom is -0.311 e. The van der Waals surface area contributed by atoms with E-state index >= 15 is 0 Å². The summed E-state index contributed by atoms with van der Waals surface area (Å²) in [4.78, 5) is 5.30. The standard InChI is InChI=1S/C62H74BN2/c1-38-31-53-56-54(32-38)65(50-28-26-42(59(8,9)10)34-46(50)39-21-23-40(24-22-39)57(2,3)4)52-37-49-48(61(14,15)29-30-62(49,16)17)36-47(52)55(63-56)45-27-25-43(60(11,12)13)35-51(45)64(53)44-20-18-19-41(33-44)58(5,6)7/h18-28,31-37,55H,29-30H2,1-17H3. The summed E-state index contributed by atoms with van der Waals surface area (Å²) in [5, 5.41) is 0. The topological polar surface area (TPSA) is 6.48 Å². The van der Waals surface area contributed by atoms with Crippen LogP contribution in [0.2, 0.25) is 0 Å². The van der Waals surface area contributed by atoms with Gasteiger partial charge in [-0.2, -0.15) is 0 Å². The van der Waals surface area contributed by atoms with Gasteiger partial charge < -0.3 is 9.80 Å². The zero-order valence-corrected chi connectivity index (χ0v) is 42.9. The van der Waals surface area contributed by atoms with E-state index in [0.29, 0.717) is 0 Å². The van der Waals surface area contributed by atoms with E-state index in [1.165, 1.54) is 107 Å². The van der Waals surface area contributed by atoms with E-state index in [1.54, 1.807) is 0 Å². The second kappa shape index (κ2) is 15.0. The van der Waals surface area contributed by atoms with E-state index in [0.717, 1.165) is 6.42 Å². The Morgan fingerprint density at radius 2 is 0.969 bits per heavy atom. The maximum atomic E-state index is 2.69. The van der Waals surface area contributed by atoms with Crippen molar-refractivity contribution in [2.75, 3.05) is 9.80 Å². The summed E-state index contributed by atoms with van der Waals surface area (Å²) < 4.78 is 0. The van der Waals surface area contributed by atoms with Gasteiger partial charge in [0.25, 0.3) is 0 Å². The van der Waals surface area contributed by atoms with Crippen molar-refractivity contribution in [1.29, 1.82) is 0 Å². The Morgan fingerprint density at radius 3 is 1.57 bits per heavy atom. The van der Waals surface area contributed by atoms with Crippen LogP contribution < -0.4 is 15.3 Å². The fourth-order valence-electron chi connectivity index (χ4n) is 10.8. The molecular formula is C62H74BN2. The van der Waals surface area contributed by atoms with Crippen LogP contribution in [0, 0.1) is 6.92 Å². The van der Waals surface area contributed by atoms with Gasteiger partial charge in [-0.05, 0) is 168 Å². The molecule has 1 radical (unpaired) electrons. The minimum absolute atomic E-state index is 0.00419. The number of rotatable bonds is 3. The van der Waals surface area contributed by atoms with Gasteiger partial charge in [0.2, 0.25) is 0 Å². The van der Waals surface area contributed by atoms with Crippen LogP contribution in [0.25, 0.3) is 11.1 Å². The van der Waals surface area contributed by atoms with Crippen molar-refractivity contribution in [2.45, 2.75) is 169 Å². The normalized spacial score (nSPS) is 17.6. The van der Waals surface area contributed by atoms with Gasteiger partial charge in [-0.15, -0.1) is 0 Å². The van der Waals surface area contributed by atoms with Crippen LogP contribution in [0.1, 0.15) is 180 Å². The summed E-state index contributed by atoms with van der Waals surface area (Å²) in [5.41, 5.74) is 23.6. The highest BCUT2D eigenvalue weighted by molar-refractivity contribution is 6.61. The molecule has 2 aliphatic heterocycles. The molecule has 1 atom stereocenters. The monoisotopic (exact) mass is 858 g/mol. The fraction of sp³-hybridized carbons (Fsp3) is 0.419. The number of benzene rings is 6. The molecule has 9 rings (SSSR count). The smallest absolute Gasteiger partial charge is 0.172 e. The van der Waals surface area contributed by atoms with Crippen molar-refractivity contribution in [1.82, 2.24) is 0 Å². The Hall–Kier alpha value is -5.02. The number of aryl methyl sites for hydroxylation is 1. The van der Waals surface area contributed by atoms with E-state index in [2.05, 4.69) is 244 Å². The zero-order chi connectivity index (χ0) is 47.0. The van der Waals surface area contributed by atoms with Crippen molar-refractivity contribution >= 4 is 46.9 Å². The zero-order valence-electron chi connectivity index (χ0n) is 42.9. The highest BCUT2D eigenvalue weighted by Crippen LogP contribution is 2.56. The minimum atomic E-state index is -0.0266. The van der Waals surface area contributed by atoms with Gasteiger partial charge in [-0.25, -0.2) is 0 Å². The van der Waals surface area contributed by atoms with E-state index < -0.39 is 0 Å². The molecule has 0 aromatic heterocycles. The maximum Gasteiger partial charge on any atom is 0.172 e. The predicted molar refractivity (Wildman–Crippen MR) is 283 cm³/mol. The summed E-state index contributed by atoms with van der Waals surface area (Å²) in [6.07, 6.45) is 2.33. The molecule has 335 valence electrons. The summed E-state index contributed by atoms with van der Waals surface area (Å²) in [6.45, 7) is 40.2. The van der Waals surface area contributed by atoms with Crippen LogP contribution in [0.4, 0.5) is 34.1 Å². The first-order chi connectivity index (χ1) is 30.1. The number of anilines is 6. The number of nitrogens with zero attached hydrogens (tertiary/aromatic N) is 2. The molecule has 1 unspecified atom stereocenters. The lowest BCUT2D eigenvalue weighted by Crippen LogP contribution is -2.34. The van der Waals surface area contributed by atoms with E-state index in [-0.39, 0.29) is 38.3 Å². The van der Waals surface area contributed by atoms with Crippen molar-refractivity contribution in [3.05, 3.63) is 159 Å². The van der Waals surface area contributed by atoms with Gasteiger partial charge in [0, 0.05) is 34.0 Å². The second-order valence-corrected chi connectivity index (χ2v) is 25.4. The highest BCUT2D eigenvalue weighted by Gasteiger charge is 2.43. The summed E-state index contributed by atoms with van der Waals surface area (Å²) in [5.74, 6) is 0.00419. The first kappa shape index (κ1) is 45.2. The molecule has 2 nitrogen and oxygen atoms in total. The molecule has 1 aliphatic carbocycles. The molecular weight excluding hydrogens is 784 g/mol. The summed E-state index contributed by atoms with van der Waals surface area (Å²) >= 11 is 0. The van der Waals surface area contributed by atoms with E-state index in [9.17, 15) is 0 Å². The van der Waals surface area contributed by atoms with Gasteiger partial charge >= 0.3 is 0 Å². The van der Waals surface area contributed by atoms with Gasteiger partial charge in [-0.3, -0.25) is 0 Å². The SMILES string of the molecule is Cc1cc2c3c(c1)N(c1ccc(C(C)(C)C)cc1-c1ccc(C(C)(C)C)cc1)c1cc4c(cc1C([B]3)c1ccc(C(C)(C)C)cc1N2c1cccc(C(C)(C)C)c1)C(C)(C)CCC4(C)C. The molecule has 65 heavy (non-hydrogen) atoms. The largest absolute Gasteiger partial charge is 0.311 e. The Labute approximate surface area is 394 Å². The molecule has 0 spiro atoms. The van der Waals surface area contributed by atoms with Crippen molar-refractivity contribution in [3.63, 3.8) is 0 Å². The number of hydrogen-bond donors (Lipinski definition) is 0. The third-order valence-corrected chi connectivity index (χ3v) is 15.3. The van der Waals surface area contributed by atoms with Gasteiger partial charge in [-0.1, -0.05) is 171 Å². The molecule has 0 amide bonds. The first-order valence-corrected chi connectivity index (χ1v) is 24.4. The Morgan fingerprint density at radius 1 is 0.462 bits per heavy atom. The Bertz CT molecular complexity index is 2840. The average Bonchev–Trinajstić information content (AvgIpc) is 3.44. The first-order valence-electron chi connectivity index (χ1n) is 24.4. The highest BCUT2D eigenvalue weighted by atomic mass is 15.2. The van der Waals surface area contributed by atoms with Crippen molar-refractivity contribution < 1.29 is 0 Å². The third-order valence-electron chi connectivity index (χ3n) is 15.3. The van der Waals surface area contributed by atoms with E-state index in [4.69, 9.17) is 0 Å². The molecule has 3 heteroatoms. The van der Waals surface area contributed by atoms with Crippen LogP contribution in [0.3, 0.4) is 0 Å². The fourth-order valence-corrected chi connectivity index (χ4v) is 10.8. The van der Waals surface area contributed by atoms with Gasteiger partial charge in [0.15, 0.2) is 7.28 Å². The molecule has 6 aromatic carbocycles. The van der Waals surface area contributed by atoms with Crippen molar-refractivity contribution in [3.8, 4) is 11.1 Å². The Balaban J connectivity index is 1.44. The van der Waals surface area contributed by atoms with Crippen molar-refractivity contribution in [2.24, 2.45) is 0 Å². The Kier molecular flexibility index (Phi) is 10.4. The van der Waals surface area contributed by atoms with Crippen LogP contribution in [0.15, 0.2) is 109 Å². The molecule has 2 heterocycles. The van der Waals surface area contributed by atoms with Crippen LogP contribution in [-0.4, -0.2) is 7.28 Å². The molecule has 0 saturated heterocycles. The lowest BCUT2D eigenvalue weighted by molar-refractivity contribution is 0.331. The third kappa shape index (κ3) is 7.87. The number of fused-ring (bicyclic) bond motifs is 6. The van der Waals surface area contributed by atoms with E-state index in [1.807, 2.05) is 0 Å². The maximum absolute atomic E-state index is 2.69. The quantitative estimate of drug-likeness (QED) is 0.164. The predicted octanol–water partition coefficient (Wildman–Crippen LogP) is 16.9. The number of hydrogen-bond acceptors (Lipinski definition) is 2. The lowest BCUT2D eigenvalue weighted by atomic mass is 9.53. The summed E-state index contributed by atoms with van der Waals surface area (Å²) in [6, 6.07) is 43.8. The average molecular weight is 858 g/mol. The van der Waals surface area contributed by atoms with Crippen LogP contribution in [-0.2, 0) is 32.5 Å². The molecule has 3 aliphatic rings. The molecule has 0 N–H and O–H groups in total. The van der Waals surface area contributed by atoms with Crippen LogP contribution in [0.5, 0.6) is 0 Å². The molecule has 6 aromatic rings. The molecule has 0 saturated carbocycles. The van der Waals surface area contributed by atoms with Gasteiger partial charge in [0.05, 0.1) is 5.69 Å². The molecule has 2 bridgehead atoms. The molecule has 0 fully saturated rings. The summed E-state index contributed by atoms with van der Waals surface area (Å²) in [7, 11) is 2.64. The second-order valence-electron chi connectivity index (χ2n) is 25.4. The van der Waals surface area contributed by atoms with Gasteiger partial charge in [0.1, 0.15) is 0 Å². The lowest BCUT2D eigenvalue weighted by Gasteiger charge is -2.44.